The summed E-state index contributed by atoms with van der Waals surface area (Å²) < 4.78 is 0. The van der Waals surface area contributed by atoms with Crippen molar-refractivity contribution in [2.45, 2.75) is 44.3 Å². The smallest absolute Gasteiger partial charge is 0.0415 e. The SMILES string of the molecule is CNC(C)c1ccccc1N1CCC2CCC(C1)N2C. The van der Waals surface area contributed by atoms with E-state index in [0.717, 1.165) is 12.1 Å². The van der Waals surface area contributed by atoms with Crippen LogP contribution >= 0.6 is 0 Å². The van der Waals surface area contributed by atoms with Gasteiger partial charge in [-0.05, 0) is 51.9 Å². The summed E-state index contributed by atoms with van der Waals surface area (Å²) in [6, 6.07) is 10.8. The molecule has 1 N–H and O–H groups in total. The van der Waals surface area contributed by atoms with Gasteiger partial charge in [-0.15, -0.1) is 0 Å². The zero-order valence-electron chi connectivity index (χ0n) is 13.0. The van der Waals surface area contributed by atoms with Crippen LogP contribution in [0.15, 0.2) is 24.3 Å². The summed E-state index contributed by atoms with van der Waals surface area (Å²) in [5.74, 6) is 0. The van der Waals surface area contributed by atoms with Crippen molar-refractivity contribution in [1.82, 2.24) is 10.2 Å². The van der Waals surface area contributed by atoms with Crippen molar-refractivity contribution in [1.29, 1.82) is 0 Å². The molecule has 1 aromatic rings. The minimum absolute atomic E-state index is 0.407. The zero-order valence-corrected chi connectivity index (χ0v) is 13.0. The van der Waals surface area contributed by atoms with E-state index in [1.54, 1.807) is 0 Å². The number of anilines is 1. The van der Waals surface area contributed by atoms with Crippen LogP contribution < -0.4 is 10.2 Å². The number of nitrogens with one attached hydrogen (secondary N) is 1. The summed E-state index contributed by atoms with van der Waals surface area (Å²) in [5, 5.41) is 3.38. The highest BCUT2D eigenvalue weighted by Crippen LogP contribution is 2.33. The van der Waals surface area contributed by atoms with Crippen LogP contribution in [0, 0.1) is 0 Å². The van der Waals surface area contributed by atoms with E-state index < -0.39 is 0 Å². The molecule has 0 spiro atoms. The Balaban J connectivity index is 1.86. The second kappa shape index (κ2) is 5.74. The Hall–Kier alpha value is -1.06. The topological polar surface area (TPSA) is 18.5 Å². The van der Waals surface area contributed by atoms with Crippen LogP contribution in [-0.2, 0) is 0 Å². The molecule has 3 atom stereocenters. The van der Waals surface area contributed by atoms with Gasteiger partial charge in [0.05, 0.1) is 0 Å². The molecule has 0 aromatic heterocycles. The van der Waals surface area contributed by atoms with Crippen molar-refractivity contribution in [3.05, 3.63) is 29.8 Å². The van der Waals surface area contributed by atoms with Crippen LogP contribution in [0.2, 0.25) is 0 Å². The molecule has 2 fully saturated rings. The van der Waals surface area contributed by atoms with Gasteiger partial charge in [-0.2, -0.15) is 0 Å². The van der Waals surface area contributed by atoms with Gasteiger partial charge in [-0.3, -0.25) is 4.90 Å². The van der Waals surface area contributed by atoms with E-state index in [1.807, 2.05) is 7.05 Å². The van der Waals surface area contributed by atoms with Gasteiger partial charge < -0.3 is 10.2 Å². The third-order valence-electron chi connectivity index (χ3n) is 5.33. The molecule has 0 saturated carbocycles. The molecule has 3 unspecified atom stereocenters. The largest absolute Gasteiger partial charge is 0.370 e. The summed E-state index contributed by atoms with van der Waals surface area (Å²) >= 11 is 0. The first kappa shape index (κ1) is 13.9. The van der Waals surface area contributed by atoms with E-state index in [2.05, 4.69) is 53.4 Å². The van der Waals surface area contributed by atoms with Gasteiger partial charge in [0.1, 0.15) is 0 Å². The van der Waals surface area contributed by atoms with Crippen molar-refractivity contribution in [3.63, 3.8) is 0 Å². The molecular weight excluding hydrogens is 246 g/mol. The highest BCUT2D eigenvalue weighted by atomic mass is 15.3. The van der Waals surface area contributed by atoms with E-state index in [4.69, 9.17) is 0 Å². The monoisotopic (exact) mass is 273 g/mol. The second-order valence-electron chi connectivity index (χ2n) is 6.35. The highest BCUT2D eigenvalue weighted by molar-refractivity contribution is 5.55. The number of nitrogens with zero attached hydrogens (tertiary/aromatic N) is 2. The molecule has 2 bridgehead atoms. The minimum atomic E-state index is 0.407. The fourth-order valence-electron chi connectivity index (χ4n) is 3.82. The summed E-state index contributed by atoms with van der Waals surface area (Å²) in [6.45, 7) is 4.62. The van der Waals surface area contributed by atoms with Crippen molar-refractivity contribution in [3.8, 4) is 0 Å². The number of hydrogen-bond acceptors (Lipinski definition) is 3. The van der Waals surface area contributed by atoms with Crippen LogP contribution in [-0.4, -0.2) is 44.2 Å². The highest BCUT2D eigenvalue weighted by Gasteiger charge is 2.35. The molecule has 3 rings (SSSR count). The first-order chi connectivity index (χ1) is 9.70. The lowest BCUT2D eigenvalue weighted by Gasteiger charge is -2.30. The Morgan fingerprint density at radius 2 is 1.90 bits per heavy atom. The zero-order chi connectivity index (χ0) is 14.1. The molecule has 0 amide bonds. The molecule has 2 heterocycles. The van der Waals surface area contributed by atoms with Crippen molar-refractivity contribution < 1.29 is 0 Å². The summed E-state index contributed by atoms with van der Waals surface area (Å²) in [6.07, 6.45) is 4.06. The van der Waals surface area contributed by atoms with E-state index in [9.17, 15) is 0 Å². The molecule has 20 heavy (non-hydrogen) atoms. The van der Waals surface area contributed by atoms with Gasteiger partial charge in [0, 0.05) is 36.9 Å². The van der Waals surface area contributed by atoms with Gasteiger partial charge in [-0.25, -0.2) is 0 Å². The van der Waals surface area contributed by atoms with Gasteiger partial charge in [0.25, 0.3) is 0 Å². The van der Waals surface area contributed by atoms with Crippen LogP contribution in [0.4, 0.5) is 5.69 Å². The van der Waals surface area contributed by atoms with Gasteiger partial charge in [-0.1, -0.05) is 18.2 Å². The van der Waals surface area contributed by atoms with E-state index >= 15 is 0 Å². The first-order valence-corrected chi connectivity index (χ1v) is 7.93. The molecule has 2 aliphatic heterocycles. The lowest BCUT2D eigenvalue weighted by molar-refractivity contribution is 0.254. The minimum Gasteiger partial charge on any atom is -0.370 e. The normalized spacial score (nSPS) is 28.4. The van der Waals surface area contributed by atoms with E-state index in [-0.39, 0.29) is 0 Å². The molecule has 3 nitrogen and oxygen atoms in total. The molecule has 1 aromatic carbocycles. The first-order valence-electron chi connectivity index (χ1n) is 7.93. The Labute approximate surface area is 123 Å². The maximum Gasteiger partial charge on any atom is 0.0415 e. The van der Waals surface area contributed by atoms with Crippen molar-refractivity contribution in [2.24, 2.45) is 0 Å². The average Bonchev–Trinajstić information content (AvgIpc) is 2.71. The number of likely N-dealkylation sites (N-methyl/N-ethyl adjacent to an activating group) is 1. The summed E-state index contributed by atoms with van der Waals surface area (Å²) in [5.41, 5.74) is 2.85. The van der Waals surface area contributed by atoms with Crippen molar-refractivity contribution >= 4 is 5.69 Å². The Morgan fingerprint density at radius 3 is 2.70 bits per heavy atom. The molecule has 3 heteroatoms. The third kappa shape index (κ3) is 2.45. The number of hydrogen-bond donors (Lipinski definition) is 1. The van der Waals surface area contributed by atoms with Crippen LogP contribution in [0.5, 0.6) is 0 Å². The average molecular weight is 273 g/mol. The molecule has 2 aliphatic rings. The maximum absolute atomic E-state index is 3.38. The predicted molar refractivity (Wildman–Crippen MR) is 85.3 cm³/mol. The molecule has 0 radical (unpaired) electrons. The van der Waals surface area contributed by atoms with Gasteiger partial charge >= 0.3 is 0 Å². The Kier molecular flexibility index (Phi) is 3.99. The fraction of sp³-hybridized carbons (Fsp3) is 0.647. The molecule has 2 saturated heterocycles. The summed E-state index contributed by atoms with van der Waals surface area (Å²) in [7, 11) is 4.35. The lowest BCUT2D eigenvalue weighted by atomic mass is 10.0. The number of fused-ring (bicyclic) bond motifs is 2. The number of para-hydroxylation sites is 1. The van der Waals surface area contributed by atoms with Gasteiger partial charge in [0.15, 0.2) is 0 Å². The van der Waals surface area contributed by atoms with E-state index in [0.29, 0.717) is 6.04 Å². The predicted octanol–water partition coefficient (Wildman–Crippen LogP) is 2.64. The second-order valence-corrected chi connectivity index (χ2v) is 6.35. The lowest BCUT2D eigenvalue weighted by Crippen LogP contribution is -2.37. The maximum atomic E-state index is 3.38. The fourth-order valence-corrected chi connectivity index (χ4v) is 3.82. The quantitative estimate of drug-likeness (QED) is 0.913. The molecule has 0 aliphatic carbocycles. The Morgan fingerprint density at radius 1 is 1.15 bits per heavy atom. The van der Waals surface area contributed by atoms with Crippen LogP contribution in [0.3, 0.4) is 0 Å². The van der Waals surface area contributed by atoms with E-state index in [1.165, 1.54) is 43.6 Å². The summed E-state index contributed by atoms with van der Waals surface area (Å²) in [4.78, 5) is 5.23. The number of benzene rings is 1. The third-order valence-corrected chi connectivity index (χ3v) is 5.33. The van der Waals surface area contributed by atoms with Crippen LogP contribution in [0.25, 0.3) is 0 Å². The number of rotatable bonds is 3. The van der Waals surface area contributed by atoms with Crippen LogP contribution in [0.1, 0.15) is 37.8 Å². The molecular formula is C17H27N3. The molecule has 110 valence electrons. The van der Waals surface area contributed by atoms with Gasteiger partial charge in [0.2, 0.25) is 0 Å². The standard InChI is InChI=1S/C17H27N3/c1-13(18-2)16-6-4-5-7-17(16)20-11-10-14-8-9-15(12-20)19(14)3/h4-7,13-15,18H,8-12H2,1-3H3. The Bertz CT molecular complexity index is 459. The van der Waals surface area contributed by atoms with Crippen molar-refractivity contribution in [2.75, 3.05) is 32.1 Å².